The van der Waals surface area contributed by atoms with Crippen LogP contribution in [0.2, 0.25) is 0 Å². The fourth-order valence-electron chi connectivity index (χ4n) is 3.53. The lowest BCUT2D eigenvalue weighted by Gasteiger charge is -2.28. The lowest BCUT2D eigenvalue weighted by Crippen LogP contribution is -2.32. The molecular formula is C19H18N4O2. The predicted molar refractivity (Wildman–Crippen MR) is 92.8 cm³/mol. The summed E-state index contributed by atoms with van der Waals surface area (Å²) >= 11 is 0. The number of anilines is 1. The Morgan fingerprint density at radius 3 is 2.68 bits per heavy atom. The van der Waals surface area contributed by atoms with Gasteiger partial charge in [-0.25, -0.2) is 4.79 Å². The summed E-state index contributed by atoms with van der Waals surface area (Å²) < 4.78 is 5.24. The predicted octanol–water partition coefficient (Wildman–Crippen LogP) is 3.13. The SMILES string of the molecule is COc1ccc([C@H]2N(c3cccc(C#N)c3)C(=O)N3CCCN23)cc1. The Kier molecular flexibility index (Phi) is 3.79. The first kappa shape index (κ1) is 15.5. The molecule has 0 bridgehead atoms. The number of ether oxygens (including phenoxy) is 1. The maximum absolute atomic E-state index is 13.0. The highest BCUT2D eigenvalue weighted by molar-refractivity contribution is 5.94. The fourth-order valence-corrected chi connectivity index (χ4v) is 3.53. The van der Waals surface area contributed by atoms with Gasteiger partial charge >= 0.3 is 6.03 Å². The Bertz CT molecular complexity index is 843. The van der Waals surface area contributed by atoms with E-state index < -0.39 is 0 Å². The minimum Gasteiger partial charge on any atom is -0.497 e. The highest BCUT2D eigenvalue weighted by Crippen LogP contribution is 2.40. The highest BCUT2D eigenvalue weighted by atomic mass is 16.5. The van der Waals surface area contributed by atoms with Gasteiger partial charge in [-0.1, -0.05) is 18.2 Å². The van der Waals surface area contributed by atoms with Crippen molar-refractivity contribution in [3.8, 4) is 11.8 Å². The van der Waals surface area contributed by atoms with E-state index in [1.165, 1.54) is 0 Å². The molecule has 2 aromatic carbocycles. The van der Waals surface area contributed by atoms with E-state index >= 15 is 0 Å². The van der Waals surface area contributed by atoms with Crippen LogP contribution >= 0.6 is 0 Å². The van der Waals surface area contributed by atoms with Crippen LogP contribution in [0.25, 0.3) is 0 Å². The summed E-state index contributed by atoms with van der Waals surface area (Å²) in [5.74, 6) is 0.782. The van der Waals surface area contributed by atoms with Crippen LogP contribution in [0.4, 0.5) is 10.5 Å². The number of amides is 2. The Labute approximate surface area is 146 Å². The number of carbonyl (C=O) groups is 1. The van der Waals surface area contributed by atoms with Crippen LogP contribution < -0.4 is 9.64 Å². The minimum atomic E-state index is -0.213. The van der Waals surface area contributed by atoms with Gasteiger partial charge in [-0.05, 0) is 42.3 Å². The van der Waals surface area contributed by atoms with Crippen molar-refractivity contribution in [3.63, 3.8) is 0 Å². The van der Waals surface area contributed by atoms with E-state index in [9.17, 15) is 10.1 Å². The van der Waals surface area contributed by atoms with E-state index in [-0.39, 0.29) is 12.2 Å². The Morgan fingerprint density at radius 1 is 1.16 bits per heavy atom. The largest absolute Gasteiger partial charge is 0.497 e. The first-order valence-corrected chi connectivity index (χ1v) is 8.24. The minimum absolute atomic E-state index is 0.0478. The molecule has 2 aliphatic heterocycles. The number of benzene rings is 2. The van der Waals surface area contributed by atoms with Crippen molar-refractivity contribution in [2.45, 2.75) is 12.6 Å². The van der Waals surface area contributed by atoms with Gasteiger partial charge in [0.2, 0.25) is 0 Å². The lowest BCUT2D eigenvalue weighted by molar-refractivity contribution is 0.0727. The second kappa shape index (κ2) is 6.11. The van der Waals surface area contributed by atoms with Gasteiger partial charge in [-0.2, -0.15) is 10.3 Å². The van der Waals surface area contributed by atoms with Crippen LogP contribution in [0.5, 0.6) is 5.75 Å². The Balaban J connectivity index is 1.79. The highest BCUT2D eigenvalue weighted by Gasteiger charge is 2.47. The standard InChI is InChI=1S/C19H18N4O2/c1-25-17-8-6-15(7-9-17)18-21-10-3-11-22(21)19(24)23(18)16-5-2-4-14(12-16)13-20/h2,4-9,12,18H,3,10-11H2,1H3/t18-/m1/s1. The van der Waals surface area contributed by atoms with Crippen LogP contribution in [0.1, 0.15) is 23.7 Å². The second-order valence-corrected chi connectivity index (χ2v) is 6.10. The summed E-state index contributed by atoms with van der Waals surface area (Å²) in [4.78, 5) is 14.8. The third kappa shape index (κ3) is 2.49. The number of rotatable bonds is 3. The van der Waals surface area contributed by atoms with Gasteiger partial charge in [0.25, 0.3) is 0 Å². The molecule has 25 heavy (non-hydrogen) atoms. The van der Waals surface area contributed by atoms with Crippen LogP contribution in [0, 0.1) is 11.3 Å². The van der Waals surface area contributed by atoms with Crippen LogP contribution in [0.15, 0.2) is 48.5 Å². The van der Waals surface area contributed by atoms with Crippen molar-refractivity contribution in [1.29, 1.82) is 5.26 Å². The summed E-state index contributed by atoms with van der Waals surface area (Å²) in [6, 6.07) is 17.1. The van der Waals surface area contributed by atoms with Crippen molar-refractivity contribution >= 4 is 11.7 Å². The van der Waals surface area contributed by atoms with E-state index in [2.05, 4.69) is 11.1 Å². The Morgan fingerprint density at radius 2 is 1.96 bits per heavy atom. The summed E-state index contributed by atoms with van der Waals surface area (Å²) in [6.07, 6.45) is 0.750. The number of hydrogen-bond acceptors (Lipinski definition) is 4. The smallest absolute Gasteiger partial charge is 0.340 e. The van der Waals surface area contributed by atoms with Crippen molar-refractivity contribution < 1.29 is 9.53 Å². The van der Waals surface area contributed by atoms with Gasteiger partial charge in [-0.3, -0.25) is 9.91 Å². The van der Waals surface area contributed by atoms with Gasteiger partial charge in [0, 0.05) is 18.8 Å². The molecule has 2 aromatic rings. The molecule has 0 radical (unpaired) electrons. The number of methoxy groups -OCH3 is 1. The van der Waals surface area contributed by atoms with Crippen LogP contribution in [-0.4, -0.2) is 36.2 Å². The number of nitrogens with zero attached hydrogens (tertiary/aromatic N) is 4. The summed E-state index contributed by atoms with van der Waals surface area (Å²) in [7, 11) is 1.63. The number of urea groups is 1. The zero-order valence-corrected chi connectivity index (χ0v) is 13.9. The zero-order chi connectivity index (χ0) is 17.4. The van der Waals surface area contributed by atoms with E-state index in [4.69, 9.17) is 4.74 Å². The molecule has 0 aromatic heterocycles. The molecule has 2 aliphatic rings. The average molecular weight is 334 g/mol. The summed E-state index contributed by atoms with van der Waals surface area (Å²) in [5.41, 5.74) is 2.29. The van der Waals surface area contributed by atoms with Gasteiger partial charge in [0.15, 0.2) is 0 Å². The monoisotopic (exact) mass is 334 g/mol. The molecule has 2 fully saturated rings. The summed E-state index contributed by atoms with van der Waals surface area (Å²) in [5, 5.41) is 13.1. The fraction of sp³-hybridized carbons (Fsp3) is 0.263. The maximum Gasteiger partial charge on any atom is 0.340 e. The van der Waals surface area contributed by atoms with Gasteiger partial charge in [-0.15, -0.1) is 0 Å². The zero-order valence-electron chi connectivity index (χ0n) is 13.9. The third-order valence-corrected chi connectivity index (χ3v) is 4.69. The van der Waals surface area contributed by atoms with E-state index in [1.807, 2.05) is 36.4 Å². The molecule has 2 amide bonds. The van der Waals surface area contributed by atoms with Gasteiger partial charge < -0.3 is 4.74 Å². The van der Waals surface area contributed by atoms with Gasteiger partial charge in [0.1, 0.15) is 11.9 Å². The molecule has 126 valence electrons. The van der Waals surface area contributed by atoms with Crippen molar-refractivity contribution in [3.05, 3.63) is 59.7 Å². The number of hydrogen-bond donors (Lipinski definition) is 0. The molecule has 0 unspecified atom stereocenters. The molecule has 0 spiro atoms. The molecular weight excluding hydrogens is 316 g/mol. The number of hydrazine groups is 1. The first-order chi connectivity index (χ1) is 12.2. The van der Waals surface area contributed by atoms with E-state index in [0.29, 0.717) is 5.56 Å². The normalized spacial score (nSPS) is 19.8. The molecule has 2 heterocycles. The molecule has 4 rings (SSSR count). The van der Waals surface area contributed by atoms with Crippen molar-refractivity contribution in [2.24, 2.45) is 0 Å². The van der Waals surface area contributed by atoms with Gasteiger partial charge in [0.05, 0.1) is 18.7 Å². The van der Waals surface area contributed by atoms with Crippen molar-refractivity contribution in [2.75, 3.05) is 25.1 Å². The third-order valence-electron chi connectivity index (χ3n) is 4.69. The Hall–Kier alpha value is -3.04. The number of nitriles is 1. The molecule has 0 N–H and O–H groups in total. The molecule has 6 heteroatoms. The van der Waals surface area contributed by atoms with Crippen LogP contribution in [0.3, 0.4) is 0 Å². The number of fused-ring (bicyclic) bond motifs is 1. The molecule has 0 saturated carbocycles. The molecule has 2 saturated heterocycles. The quantitative estimate of drug-likeness (QED) is 0.865. The maximum atomic E-state index is 13.0. The lowest BCUT2D eigenvalue weighted by atomic mass is 10.1. The number of carbonyl (C=O) groups excluding carboxylic acids is 1. The van der Waals surface area contributed by atoms with Crippen molar-refractivity contribution in [1.82, 2.24) is 10.0 Å². The molecule has 6 nitrogen and oxygen atoms in total. The topological polar surface area (TPSA) is 59.8 Å². The van der Waals surface area contributed by atoms with Crippen LogP contribution in [-0.2, 0) is 0 Å². The second-order valence-electron chi connectivity index (χ2n) is 6.10. The first-order valence-electron chi connectivity index (χ1n) is 8.24. The molecule has 0 aliphatic carbocycles. The van der Waals surface area contributed by atoms with E-state index in [1.54, 1.807) is 29.2 Å². The summed E-state index contributed by atoms with van der Waals surface area (Å²) in [6.45, 7) is 1.55. The van der Waals surface area contributed by atoms with E-state index in [0.717, 1.165) is 36.5 Å². The molecule has 1 atom stereocenters. The average Bonchev–Trinajstić information content (AvgIpc) is 3.24.